The molecule has 32 heteroatoms. The van der Waals surface area contributed by atoms with Crippen LogP contribution >= 0.6 is 0 Å². The summed E-state index contributed by atoms with van der Waals surface area (Å²) in [5, 5.41) is 25.3. The number of Topliss-reactive ketones (excluding diaryl/α,β-unsaturated/α-hetero) is 4. The van der Waals surface area contributed by atoms with E-state index in [0.717, 1.165) is 18.2 Å². The van der Waals surface area contributed by atoms with Crippen LogP contribution in [0.1, 0.15) is 142 Å². The minimum Gasteiger partial charge on any atom is -0.439 e. The van der Waals surface area contributed by atoms with Gasteiger partial charge in [0.1, 0.15) is 30.6 Å². The fraction of sp³-hybridized carbons (Fsp3) is 0.506. The summed E-state index contributed by atoms with van der Waals surface area (Å²) in [6.07, 6.45) is 11.2. The van der Waals surface area contributed by atoms with Gasteiger partial charge in [-0.25, -0.2) is 24.7 Å². The van der Waals surface area contributed by atoms with Gasteiger partial charge in [-0.05, 0) is 135 Å². The number of carbonyl (C=O) groups excluding carboxylic acids is 13. The Balaban J connectivity index is 0.000000456. The van der Waals surface area contributed by atoms with Crippen molar-refractivity contribution in [2.24, 2.45) is 58.6 Å². The van der Waals surface area contributed by atoms with Crippen molar-refractivity contribution in [1.29, 1.82) is 0 Å². The Labute approximate surface area is 695 Å². The first-order valence-electron chi connectivity index (χ1n) is 38.6. The molecule has 119 heavy (non-hydrogen) atoms. The number of fused-ring (bicyclic) bond motifs is 6. The molecule has 0 saturated carbocycles. The predicted molar refractivity (Wildman–Crippen MR) is 440 cm³/mol. The van der Waals surface area contributed by atoms with E-state index in [0.29, 0.717) is 57.4 Å². The number of allylic oxidation sites excluding steroid dienone is 17. The van der Waals surface area contributed by atoms with Gasteiger partial charge in [-0.3, -0.25) is 47.9 Å². The SMILES string of the molecule is CO[C@H]1/C=C\C=C(/C)C(=O)NC2=CC(=O)C(C)=C(C[C@@H](C)C[C@H](OC)[C@@H](F)[C@@H](C)/C=C(\C)[C@@H]1OC(N)=O)C2=O.CO[C@H]1/C=C\C=C(/C)C(=O)NC2=CC(=O)C(C)=C(C[C@@H](C)C[C@H](OC)[C@H](O)[C@@H](C)/C=C(\C)[C@@H]1OC(N)=O)C2=O.CO[C@H]1C[C@H](C)CC2=C(C)C(=O)C=C(NC(=O)/C(C)=C/C=C\[C@H](OC)[C@@H](OC(N)=O)/C(C)=C/[C@H](C)C1=O)C2=O.NO. The molecule has 6 amide bonds. The molecule has 6 bridgehead atoms. The zero-order valence-corrected chi connectivity index (χ0v) is 71.8. The van der Waals surface area contributed by atoms with Crippen molar-refractivity contribution in [1.82, 2.24) is 16.0 Å². The number of aliphatic hydroxyl groups excluding tert-OH is 1. The molecule has 0 saturated heterocycles. The van der Waals surface area contributed by atoms with Gasteiger partial charge in [0.05, 0.1) is 35.4 Å². The van der Waals surface area contributed by atoms with Crippen molar-refractivity contribution in [3.8, 4) is 0 Å². The molecule has 0 radical (unpaired) electrons. The molecule has 3 aliphatic heterocycles. The van der Waals surface area contributed by atoms with Crippen LogP contribution in [0.25, 0.3) is 0 Å². The number of hydrogen-bond acceptors (Lipinski definition) is 25. The quantitative estimate of drug-likeness (QED) is 0.0450. The average molecular weight is 1670 g/mol. The van der Waals surface area contributed by atoms with E-state index < -0.39 is 138 Å². The summed E-state index contributed by atoms with van der Waals surface area (Å²) in [7, 11) is 8.61. The molecule has 31 nitrogen and oxygen atoms in total. The Bertz CT molecular complexity index is 4120. The lowest BCUT2D eigenvalue weighted by Crippen LogP contribution is -2.37. The monoisotopic (exact) mass is 1670 g/mol. The molecule has 0 spiro atoms. The number of ketones is 7. The standard InChI is InChI=1S/C29H39FN2O7.C29H40N2O8.C29H38N2O8.H3NO/c1-15-11-20-19(5)22(33)14-21(26(20)34)32-28(35)16(2)9-8-10-23(37-6)27(39-29(31)36)18(4)13-17(3)25(30)24(12-15)38-7;2*1-15-11-20-19(5)22(32)14-21(26(20)34)31-28(35)16(2)9-8-10-23(37-6)27(39-29(30)36)18(4)13-17(3)25(33)24(12-15)38-7;1-2/h8-10,13-15,17,23-25,27H,11-12H2,1-7H3,(H2,31,36)(H,32,35);8-10,13-15,17,23-25,27,33H,11-12H2,1-7H3,(H2,30,36)(H,31,35);8-10,13-15,17,23-24,27H,11-12H2,1-7H3,(H2,30,36)(H,31,35);2H,1H2/b3*10-8-,16-9+,18-13+;/t15-,17+,23+,24+,25+,27+;15-,17+,23+,24+,25-,27+;15-,17+,23+,24+,27+;/m111./s1. The van der Waals surface area contributed by atoms with Gasteiger partial charge in [-0.2, -0.15) is 0 Å². The lowest BCUT2D eigenvalue weighted by atomic mass is 9.84. The molecule has 0 unspecified atom stereocenters. The summed E-state index contributed by atoms with van der Waals surface area (Å²) in [5.74, 6) is -3.00. The normalized spacial score (nSPS) is 32.2. The number of hydrogen-bond donors (Lipinski definition) is 9. The van der Waals surface area contributed by atoms with Gasteiger partial charge in [0.25, 0.3) is 17.7 Å². The average Bonchev–Trinajstić information content (AvgIpc) is 0.825. The maximum absolute atomic E-state index is 15.7. The number of primary amides is 3. The highest BCUT2D eigenvalue weighted by atomic mass is 19.1. The molecule has 654 valence electrons. The maximum Gasteiger partial charge on any atom is 0.405 e. The van der Waals surface area contributed by atoms with Crippen LogP contribution in [0.4, 0.5) is 18.8 Å². The van der Waals surface area contributed by atoms with Crippen LogP contribution in [-0.4, -0.2) is 197 Å². The highest BCUT2D eigenvalue weighted by Gasteiger charge is 2.38. The van der Waals surface area contributed by atoms with Crippen LogP contribution in [0.3, 0.4) is 0 Å². The Morgan fingerprint density at radius 3 is 1.01 bits per heavy atom. The number of nitrogens with one attached hydrogen (secondary N) is 3. The molecule has 0 aromatic carbocycles. The third-order valence-corrected chi connectivity index (χ3v) is 20.9. The zero-order valence-electron chi connectivity index (χ0n) is 71.8. The van der Waals surface area contributed by atoms with E-state index in [1.807, 2.05) is 27.7 Å². The summed E-state index contributed by atoms with van der Waals surface area (Å²) in [4.78, 5) is 164. The lowest BCUT2D eigenvalue weighted by molar-refractivity contribution is -0.132. The minimum absolute atomic E-state index is 0.0890. The van der Waals surface area contributed by atoms with Crippen molar-refractivity contribution in [3.63, 3.8) is 0 Å². The van der Waals surface area contributed by atoms with E-state index in [1.165, 1.54) is 73.0 Å². The van der Waals surface area contributed by atoms with E-state index in [1.54, 1.807) is 119 Å². The second-order valence-electron chi connectivity index (χ2n) is 30.3. The van der Waals surface area contributed by atoms with Crippen molar-refractivity contribution in [2.75, 3.05) is 42.7 Å². The van der Waals surface area contributed by atoms with Crippen LogP contribution in [-0.2, 0) is 90.6 Å². The van der Waals surface area contributed by atoms with E-state index in [-0.39, 0.29) is 106 Å². The smallest absolute Gasteiger partial charge is 0.405 e. The second-order valence-corrected chi connectivity index (χ2v) is 30.3. The van der Waals surface area contributed by atoms with Gasteiger partial charge in [0.15, 0.2) is 41.4 Å². The molecule has 6 rings (SSSR count). The maximum atomic E-state index is 15.7. The van der Waals surface area contributed by atoms with E-state index in [4.69, 9.17) is 65.0 Å². The van der Waals surface area contributed by atoms with Gasteiger partial charge in [0, 0.05) is 129 Å². The Kier molecular flexibility index (Phi) is 42.5. The van der Waals surface area contributed by atoms with Crippen LogP contribution < -0.4 is 39.0 Å². The van der Waals surface area contributed by atoms with Crippen LogP contribution in [0, 0.1) is 35.5 Å². The molecule has 6 aliphatic rings. The number of halogens is 1. The number of ether oxygens (including phenoxy) is 9. The Morgan fingerprint density at radius 1 is 0.420 bits per heavy atom. The van der Waals surface area contributed by atoms with E-state index >= 15 is 4.39 Å². The number of amides is 6. The lowest BCUT2D eigenvalue weighted by Gasteiger charge is -2.30. The fourth-order valence-corrected chi connectivity index (χ4v) is 14.0. The largest absolute Gasteiger partial charge is 0.439 e. The first kappa shape index (κ1) is 103. The van der Waals surface area contributed by atoms with Crippen molar-refractivity contribution in [3.05, 3.63) is 175 Å². The molecular weight excluding hydrogens is 1550 g/mol. The van der Waals surface area contributed by atoms with Gasteiger partial charge >= 0.3 is 18.3 Å². The van der Waals surface area contributed by atoms with Crippen LogP contribution in [0.15, 0.2) is 175 Å². The molecule has 13 N–H and O–H groups in total. The molecule has 17 atom stereocenters. The van der Waals surface area contributed by atoms with E-state index in [2.05, 4.69) is 21.8 Å². The first-order valence-corrected chi connectivity index (χ1v) is 38.6. The summed E-state index contributed by atoms with van der Waals surface area (Å²) in [6, 6.07) is 0. The fourth-order valence-electron chi connectivity index (χ4n) is 14.0. The number of aliphatic hydroxyl groups is 1. The Hall–Kier alpha value is -10.4. The third kappa shape index (κ3) is 30.1. The number of nitrogens with two attached hydrogens (primary N) is 4. The number of alkyl halides is 1. The van der Waals surface area contributed by atoms with Gasteiger partial charge in [-0.1, -0.05) is 114 Å². The topological polar surface area (TPSA) is 486 Å². The Morgan fingerprint density at radius 2 is 0.714 bits per heavy atom. The van der Waals surface area contributed by atoms with Crippen LogP contribution in [0.5, 0.6) is 0 Å². The molecule has 0 fully saturated rings. The summed E-state index contributed by atoms with van der Waals surface area (Å²) in [6.45, 7) is 25.3. The van der Waals surface area contributed by atoms with Crippen molar-refractivity contribution >= 4 is 76.5 Å². The van der Waals surface area contributed by atoms with Gasteiger partial charge < -0.3 is 86.1 Å². The number of methoxy groups -OCH3 is 6. The third-order valence-electron chi connectivity index (χ3n) is 20.9. The highest BCUT2D eigenvalue weighted by Crippen LogP contribution is 2.34. The van der Waals surface area contributed by atoms with E-state index in [9.17, 15) is 67.4 Å². The molecular formula is C87H120FN7O24. The molecule has 3 heterocycles. The number of rotatable bonds is 9. The molecule has 0 aromatic rings. The number of carbonyl (C=O) groups is 13. The van der Waals surface area contributed by atoms with Crippen LogP contribution in [0.2, 0.25) is 0 Å². The summed E-state index contributed by atoms with van der Waals surface area (Å²) >= 11 is 0. The van der Waals surface area contributed by atoms with Crippen molar-refractivity contribution < 1.29 is 120 Å². The summed E-state index contributed by atoms with van der Waals surface area (Å²) < 4.78 is 64.8. The predicted octanol–water partition coefficient (Wildman–Crippen LogP) is 8.99. The molecule has 3 aliphatic carbocycles. The van der Waals surface area contributed by atoms with Gasteiger partial charge in [0.2, 0.25) is 17.3 Å². The second kappa shape index (κ2) is 49.2. The van der Waals surface area contributed by atoms with Crippen molar-refractivity contribution in [2.45, 2.75) is 210 Å². The van der Waals surface area contributed by atoms with Gasteiger partial charge in [-0.15, -0.1) is 0 Å². The first-order chi connectivity index (χ1) is 55.9. The summed E-state index contributed by atoms with van der Waals surface area (Å²) in [5.41, 5.74) is 19.9. The zero-order chi connectivity index (χ0) is 90.3. The highest BCUT2D eigenvalue weighted by molar-refractivity contribution is 6.25. The minimum atomic E-state index is -1.43. The molecule has 0 aromatic heterocycles.